The molecule has 1 aromatic rings. The van der Waals surface area contributed by atoms with Gasteiger partial charge in [0.25, 0.3) is 0 Å². The lowest BCUT2D eigenvalue weighted by Crippen LogP contribution is -2.26. The molecule has 0 radical (unpaired) electrons. The van der Waals surface area contributed by atoms with Crippen LogP contribution in [0.3, 0.4) is 0 Å². The molecule has 0 saturated carbocycles. The first-order valence-corrected chi connectivity index (χ1v) is 15.3. The molecule has 1 aromatic carbocycles. The number of ether oxygens (including phenoxy) is 2. The third-order valence-corrected chi connectivity index (χ3v) is 7.49. The van der Waals surface area contributed by atoms with E-state index >= 15 is 0 Å². The first-order valence-electron chi connectivity index (χ1n) is 15.3. The van der Waals surface area contributed by atoms with Gasteiger partial charge in [-0.25, -0.2) is 0 Å². The highest BCUT2D eigenvalue weighted by Gasteiger charge is 2.20. The Morgan fingerprint density at radius 3 is 1.67 bits per heavy atom. The predicted molar refractivity (Wildman–Crippen MR) is 158 cm³/mol. The summed E-state index contributed by atoms with van der Waals surface area (Å²) in [5.74, 6) is 3.37. The molecule has 0 saturated heterocycles. The van der Waals surface area contributed by atoms with Gasteiger partial charge in [0.05, 0.1) is 19.3 Å². The standard InChI is InChI=1S/C34H62O2/c1-28(2)15-12-16-29(3)17-13-18-30(4)19-14-20-31(5)23-24-35-27-33(25-34(6,7)8)36-26-32-21-10-9-11-22-32/h9-11,21-22,28-31,33H,12-20,23-27H2,1-8H3. The number of rotatable bonds is 21. The van der Waals surface area contributed by atoms with Crippen molar-refractivity contribution < 1.29 is 9.47 Å². The summed E-state index contributed by atoms with van der Waals surface area (Å²) in [7, 11) is 0. The second-order valence-corrected chi connectivity index (χ2v) is 13.5. The van der Waals surface area contributed by atoms with Crippen molar-refractivity contribution in [3.05, 3.63) is 35.9 Å². The molecule has 1 rings (SSSR count). The van der Waals surface area contributed by atoms with Crippen molar-refractivity contribution in [2.45, 2.75) is 139 Å². The van der Waals surface area contributed by atoms with Crippen LogP contribution < -0.4 is 0 Å². The molecule has 36 heavy (non-hydrogen) atoms. The Bertz CT molecular complexity index is 618. The maximum absolute atomic E-state index is 6.25. The molecule has 0 N–H and O–H groups in total. The second-order valence-electron chi connectivity index (χ2n) is 13.5. The summed E-state index contributed by atoms with van der Waals surface area (Å²) in [6, 6.07) is 10.5. The van der Waals surface area contributed by atoms with Crippen LogP contribution in [-0.4, -0.2) is 19.3 Å². The van der Waals surface area contributed by atoms with Crippen LogP contribution in [0.5, 0.6) is 0 Å². The smallest absolute Gasteiger partial charge is 0.0818 e. The van der Waals surface area contributed by atoms with Gasteiger partial charge in [0.1, 0.15) is 0 Å². The Labute approximate surface area is 226 Å². The zero-order valence-corrected chi connectivity index (χ0v) is 25.5. The summed E-state index contributed by atoms with van der Waals surface area (Å²) in [6.45, 7) is 21.0. The monoisotopic (exact) mass is 502 g/mol. The molecule has 210 valence electrons. The van der Waals surface area contributed by atoms with Crippen LogP contribution in [0.2, 0.25) is 0 Å². The van der Waals surface area contributed by atoms with Crippen LogP contribution in [-0.2, 0) is 16.1 Å². The predicted octanol–water partition coefficient (Wildman–Crippen LogP) is 10.5. The molecule has 0 aliphatic carbocycles. The summed E-state index contributed by atoms with van der Waals surface area (Å²) >= 11 is 0. The summed E-state index contributed by atoms with van der Waals surface area (Å²) in [4.78, 5) is 0. The lowest BCUT2D eigenvalue weighted by Gasteiger charge is -2.26. The van der Waals surface area contributed by atoms with Gasteiger partial charge in [0.15, 0.2) is 0 Å². The first-order chi connectivity index (χ1) is 17.0. The van der Waals surface area contributed by atoms with E-state index in [0.717, 1.165) is 43.1 Å². The molecule has 0 aliphatic heterocycles. The maximum atomic E-state index is 6.25. The Balaban J connectivity index is 2.14. The van der Waals surface area contributed by atoms with Gasteiger partial charge >= 0.3 is 0 Å². The molecule has 0 amide bonds. The van der Waals surface area contributed by atoms with Crippen LogP contribution in [0.1, 0.15) is 132 Å². The molecule has 0 fully saturated rings. The Morgan fingerprint density at radius 2 is 1.17 bits per heavy atom. The molecule has 4 atom stereocenters. The molecule has 0 heterocycles. The van der Waals surface area contributed by atoms with E-state index in [1.807, 2.05) is 0 Å². The zero-order chi connectivity index (χ0) is 26.8. The van der Waals surface area contributed by atoms with E-state index in [4.69, 9.17) is 9.47 Å². The van der Waals surface area contributed by atoms with Gasteiger partial charge in [-0.3, -0.25) is 0 Å². The summed E-state index contributed by atoms with van der Waals surface area (Å²) in [6.07, 6.45) is 14.9. The fraction of sp³-hybridized carbons (Fsp3) is 0.824. The Kier molecular flexibility index (Phi) is 17.7. The summed E-state index contributed by atoms with van der Waals surface area (Å²) < 4.78 is 12.4. The summed E-state index contributed by atoms with van der Waals surface area (Å²) in [5.41, 5.74) is 1.47. The van der Waals surface area contributed by atoms with Gasteiger partial charge in [-0.2, -0.15) is 0 Å². The molecule has 0 spiro atoms. The lowest BCUT2D eigenvalue weighted by molar-refractivity contribution is -0.0442. The molecule has 2 nitrogen and oxygen atoms in total. The molecular weight excluding hydrogens is 440 g/mol. The minimum absolute atomic E-state index is 0.152. The number of hydrogen-bond acceptors (Lipinski definition) is 2. The van der Waals surface area contributed by atoms with Crippen molar-refractivity contribution in [3.8, 4) is 0 Å². The Morgan fingerprint density at radius 1 is 0.667 bits per heavy atom. The third kappa shape index (κ3) is 19.3. The van der Waals surface area contributed by atoms with Gasteiger partial charge in [0, 0.05) is 6.61 Å². The van der Waals surface area contributed by atoms with Crippen molar-refractivity contribution in [1.29, 1.82) is 0 Å². The fourth-order valence-corrected chi connectivity index (χ4v) is 5.07. The maximum Gasteiger partial charge on any atom is 0.0818 e. The normalized spacial score (nSPS) is 15.7. The number of benzene rings is 1. The molecular formula is C34H62O2. The van der Waals surface area contributed by atoms with Gasteiger partial charge in [0.2, 0.25) is 0 Å². The van der Waals surface area contributed by atoms with Crippen molar-refractivity contribution >= 4 is 0 Å². The molecule has 0 bridgehead atoms. The fourth-order valence-electron chi connectivity index (χ4n) is 5.07. The van der Waals surface area contributed by atoms with Crippen molar-refractivity contribution in [3.63, 3.8) is 0 Å². The quantitative estimate of drug-likeness (QED) is 0.156. The minimum Gasteiger partial charge on any atom is -0.379 e. The van der Waals surface area contributed by atoms with Crippen LogP contribution in [0, 0.1) is 29.1 Å². The number of hydrogen-bond donors (Lipinski definition) is 0. The van der Waals surface area contributed by atoms with E-state index in [1.54, 1.807) is 0 Å². The van der Waals surface area contributed by atoms with Gasteiger partial charge < -0.3 is 9.47 Å². The van der Waals surface area contributed by atoms with Gasteiger partial charge in [-0.15, -0.1) is 0 Å². The molecule has 4 unspecified atom stereocenters. The van der Waals surface area contributed by atoms with Crippen LogP contribution >= 0.6 is 0 Å². The van der Waals surface area contributed by atoms with E-state index in [1.165, 1.54) is 63.4 Å². The molecule has 0 aromatic heterocycles. The van der Waals surface area contributed by atoms with E-state index in [9.17, 15) is 0 Å². The van der Waals surface area contributed by atoms with Crippen LogP contribution in [0.4, 0.5) is 0 Å². The van der Waals surface area contributed by atoms with Gasteiger partial charge in [-0.1, -0.05) is 144 Å². The average molecular weight is 503 g/mol. The molecule has 2 heteroatoms. The first kappa shape index (κ1) is 33.2. The van der Waals surface area contributed by atoms with Crippen molar-refractivity contribution in [2.75, 3.05) is 13.2 Å². The van der Waals surface area contributed by atoms with Crippen LogP contribution in [0.25, 0.3) is 0 Å². The van der Waals surface area contributed by atoms with Gasteiger partial charge in [-0.05, 0) is 47.5 Å². The highest BCUT2D eigenvalue weighted by Crippen LogP contribution is 2.25. The highest BCUT2D eigenvalue weighted by molar-refractivity contribution is 5.13. The topological polar surface area (TPSA) is 18.5 Å². The van der Waals surface area contributed by atoms with Crippen molar-refractivity contribution in [1.82, 2.24) is 0 Å². The average Bonchev–Trinajstić information content (AvgIpc) is 2.79. The molecule has 0 aliphatic rings. The van der Waals surface area contributed by atoms with E-state index in [-0.39, 0.29) is 11.5 Å². The third-order valence-electron chi connectivity index (χ3n) is 7.49. The van der Waals surface area contributed by atoms with E-state index in [2.05, 4.69) is 85.7 Å². The van der Waals surface area contributed by atoms with E-state index in [0.29, 0.717) is 13.2 Å². The zero-order valence-electron chi connectivity index (χ0n) is 25.5. The SMILES string of the molecule is CC(C)CCCC(C)CCCC(C)CCCC(C)CCOCC(CC(C)(C)C)OCc1ccccc1. The van der Waals surface area contributed by atoms with Crippen LogP contribution in [0.15, 0.2) is 30.3 Å². The Hall–Kier alpha value is -0.860. The van der Waals surface area contributed by atoms with E-state index < -0.39 is 0 Å². The highest BCUT2D eigenvalue weighted by atomic mass is 16.5. The largest absolute Gasteiger partial charge is 0.379 e. The van der Waals surface area contributed by atoms with Crippen molar-refractivity contribution in [2.24, 2.45) is 29.1 Å². The minimum atomic E-state index is 0.152. The lowest BCUT2D eigenvalue weighted by atomic mass is 9.89. The second kappa shape index (κ2) is 19.2. The summed E-state index contributed by atoms with van der Waals surface area (Å²) in [5, 5.41) is 0.